The molecule has 18 heavy (non-hydrogen) atoms. The van der Waals surface area contributed by atoms with Gasteiger partial charge in [0.25, 0.3) is 0 Å². The Labute approximate surface area is 118 Å². The van der Waals surface area contributed by atoms with Crippen molar-refractivity contribution >= 4 is 21.8 Å². The number of nitrogens with zero attached hydrogens (tertiary/aromatic N) is 1. The second-order valence-corrected chi connectivity index (χ2v) is 6.70. The van der Waals surface area contributed by atoms with Crippen molar-refractivity contribution in [3.05, 3.63) is 48.0 Å². The van der Waals surface area contributed by atoms with Crippen LogP contribution < -0.4 is 0 Å². The molecule has 0 unspecified atom stereocenters. The van der Waals surface area contributed by atoms with Gasteiger partial charge in [0.1, 0.15) is 0 Å². The highest BCUT2D eigenvalue weighted by Gasteiger charge is 2.28. The van der Waals surface area contributed by atoms with Crippen molar-refractivity contribution in [3.63, 3.8) is 0 Å². The molecule has 0 heterocycles. The number of rotatable bonds is 5. The summed E-state index contributed by atoms with van der Waals surface area (Å²) in [6.07, 6.45) is 3.96. The third kappa shape index (κ3) is 4.65. The van der Waals surface area contributed by atoms with Crippen LogP contribution in [0.3, 0.4) is 0 Å². The standard InChI is InChI=1S/C15H20BrNO/c1-4-5-11-17(14(18)15(2,3)16)12-13-9-7-6-8-10-13/h4-10H,11-12H2,1-3H3/b5-4-. The van der Waals surface area contributed by atoms with Crippen molar-refractivity contribution < 1.29 is 4.79 Å². The van der Waals surface area contributed by atoms with Crippen LogP contribution in [0.5, 0.6) is 0 Å². The minimum absolute atomic E-state index is 0.101. The summed E-state index contributed by atoms with van der Waals surface area (Å²) in [5.74, 6) is 0.101. The molecule has 0 saturated heterocycles. The van der Waals surface area contributed by atoms with Crippen molar-refractivity contribution in [3.8, 4) is 0 Å². The van der Waals surface area contributed by atoms with E-state index in [0.717, 1.165) is 5.56 Å². The highest BCUT2D eigenvalue weighted by atomic mass is 79.9. The first-order valence-corrected chi connectivity index (χ1v) is 6.88. The zero-order valence-corrected chi connectivity index (χ0v) is 12.8. The molecular formula is C15H20BrNO. The molecular weight excluding hydrogens is 290 g/mol. The topological polar surface area (TPSA) is 20.3 Å². The molecule has 0 aliphatic rings. The number of hydrogen-bond donors (Lipinski definition) is 0. The maximum absolute atomic E-state index is 12.3. The van der Waals surface area contributed by atoms with Gasteiger partial charge in [-0.15, -0.1) is 0 Å². The van der Waals surface area contributed by atoms with E-state index in [0.29, 0.717) is 13.1 Å². The van der Waals surface area contributed by atoms with Crippen molar-refractivity contribution in [1.29, 1.82) is 0 Å². The Balaban J connectivity index is 2.82. The number of amides is 1. The molecule has 2 nitrogen and oxygen atoms in total. The normalized spacial score (nSPS) is 11.8. The summed E-state index contributed by atoms with van der Waals surface area (Å²) in [6.45, 7) is 6.99. The van der Waals surface area contributed by atoms with Crippen molar-refractivity contribution in [1.82, 2.24) is 4.90 Å². The van der Waals surface area contributed by atoms with Crippen molar-refractivity contribution in [2.75, 3.05) is 6.54 Å². The second kappa shape index (κ2) is 6.74. The van der Waals surface area contributed by atoms with Gasteiger partial charge in [-0.05, 0) is 26.3 Å². The van der Waals surface area contributed by atoms with E-state index >= 15 is 0 Å². The molecule has 3 heteroatoms. The Morgan fingerprint density at radius 1 is 1.33 bits per heavy atom. The van der Waals surface area contributed by atoms with Gasteiger partial charge in [-0.3, -0.25) is 4.79 Å². The summed E-state index contributed by atoms with van der Waals surface area (Å²) < 4.78 is -0.524. The number of allylic oxidation sites excluding steroid dienone is 1. The predicted octanol–water partition coefficient (Wildman–Crippen LogP) is 3.76. The van der Waals surface area contributed by atoms with Gasteiger partial charge >= 0.3 is 0 Å². The Morgan fingerprint density at radius 2 is 1.94 bits per heavy atom. The van der Waals surface area contributed by atoms with Gasteiger partial charge in [-0.2, -0.15) is 0 Å². The van der Waals surface area contributed by atoms with Crippen LogP contribution in [0.2, 0.25) is 0 Å². The Kier molecular flexibility index (Phi) is 5.60. The first-order chi connectivity index (χ1) is 8.45. The van der Waals surface area contributed by atoms with Gasteiger partial charge in [0.2, 0.25) is 5.91 Å². The zero-order valence-electron chi connectivity index (χ0n) is 11.2. The molecule has 0 aliphatic carbocycles. The molecule has 1 amide bonds. The van der Waals surface area contributed by atoms with Crippen LogP contribution in [-0.2, 0) is 11.3 Å². The van der Waals surface area contributed by atoms with Gasteiger partial charge in [0.15, 0.2) is 0 Å². The molecule has 0 aliphatic heterocycles. The lowest BCUT2D eigenvalue weighted by Crippen LogP contribution is -2.41. The molecule has 1 rings (SSSR count). The van der Waals surface area contributed by atoms with Gasteiger partial charge in [-0.1, -0.05) is 58.4 Å². The summed E-state index contributed by atoms with van der Waals surface area (Å²) in [4.78, 5) is 14.2. The molecule has 0 radical (unpaired) electrons. The second-order valence-electron chi connectivity index (χ2n) is 4.71. The van der Waals surface area contributed by atoms with E-state index in [1.165, 1.54) is 0 Å². The Hall–Kier alpha value is -1.09. The van der Waals surface area contributed by atoms with Crippen LogP contribution in [0.15, 0.2) is 42.5 Å². The molecule has 0 fully saturated rings. The number of benzene rings is 1. The fourth-order valence-electron chi connectivity index (χ4n) is 1.63. The minimum Gasteiger partial charge on any atom is -0.333 e. The fraction of sp³-hybridized carbons (Fsp3) is 0.400. The highest BCUT2D eigenvalue weighted by molar-refractivity contribution is 9.10. The minimum atomic E-state index is -0.524. The van der Waals surface area contributed by atoms with Gasteiger partial charge in [-0.25, -0.2) is 0 Å². The monoisotopic (exact) mass is 309 g/mol. The van der Waals surface area contributed by atoms with Crippen molar-refractivity contribution in [2.24, 2.45) is 0 Å². The molecule has 0 atom stereocenters. The summed E-state index contributed by atoms with van der Waals surface area (Å²) in [7, 11) is 0. The molecule has 0 saturated carbocycles. The molecule has 98 valence electrons. The Morgan fingerprint density at radius 3 is 2.44 bits per heavy atom. The predicted molar refractivity (Wildman–Crippen MR) is 79.7 cm³/mol. The summed E-state index contributed by atoms with van der Waals surface area (Å²) in [5.41, 5.74) is 1.15. The maximum atomic E-state index is 12.3. The molecule has 0 bridgehead atoms. The van der Waals surface area contributed by atoms with E-state index in [2.05, 4.69) is 15.9 Å². The van der Waals surface area contributed by atoms with E-state index < -0.39 is 4.32 Å². The lowest BCUT2D eigenvalue weighted by atomic mass is 10.1. The van der Waals surface area contributed by atoms with Crippen LogP contribution in [0, 0.1) is 0 Å². The van der Waals surface area contributed by atoms with Crippen LogP contribution in [0.1, 0.15) is 26.3 Å². The summed E-state index contributed by atoms with van der Waals surface area (Å²) >= 11 is 3.43. The lowest BCUT2D eigenvalue weighted by Gasteiger charge is -2.27. The number of alkyl halides is 1. The van der Waals surface area contributed by atoms with E-state index in [1.807, 2.05) is 68.2 Å². The third-order valence-electron chi connectivity index (χ3n) is 2.57. The largest absolute Gasteiger partial charge is 0.333 e. The highest BCUT2D eigenvalue weighted by Crippen LogP contribution is 2.20. The van der Waals surface area contributed by atoms with Crippen LogP contribution >= 0.6 is 15.9 Å². The third-order valence-corrected chi connectivity index (χ3v) is 2.91. The molecule has 1 aromatic rings. The van der Waals surface area contributed by atoms with E-state index in [4.69, 9.17) is 0 Å². The zero-order chi connectivity index (χ0) is 13.6. The molecule has 1 aromatic carbocycles. The SMILES string of the molecule is C/C=C\CN(Cc1ccccc1)C(=O)C(C)(C)Br. The van der Waals surface area contributed by atoms with E-state index in [9.17, 15) is 4.79 Å². The molecule has 0 aromatic heterocycles. The number of carbonyl (C=O) groups is 1. The number of carbonyl (C=O) groups excluding carboxylic acids is 1. The number of halogens is 1. The smallest absolute Gasteiger partial charge is 0.239 e. The quantitative estimate of drug-likeness (QED) is 0.599. The van der Waals surface area contributed by atoms with E-state index in [-0.39, 0.29) is 5.91 Å². The van der Waals surface area contributed by atoms with Gasteiger partial charge in [0, 0.05) is 13.1 Å². The fourth-order valence-corrected chi connectivity index (χ4v) is 1.88. The van der Waals surface area contributed by atoms with E-state index in [1.54, 1.807) is 0 Å². The average molecular weight is 310 g/mol. The van der Waals surface area contributed by atoms with Crippen molar-refractivity contribution in [2.45, 2.75) is 31.6 Å². The summed E-state index contributed by atoms with van der Waals surface area (Å²) in [5, 5.41) is 0. The Bertz CT molecular complexity index is 406. The lowest BCUT2D eigenvalue weighted by molar-refractivity contribution is -0.132. The van der Waals surface area contributed by atoms with Gasteiger partial charge < -0.3 is 4.90 Å². The van der Waals surface area contributed by atoms with Crippen LogP contribution in [0.25, 0.3) is 0 Å². The summed E-state index contributed by atoms with van der Waals surface area (Å²) in [6, 6.07) is 10.0. The average Bonchev–Trinajstić information content (AvgIpc) is 2.33. The maximum Gasteiger partial charge on any atom is 0.239 e. The van der Waals surface area contributed by atoms with Gasteiger partial charge in [0.05, 0.1) is 4.32 Å². The first-order valence-electron chi connectivity index (χ1n) is 6.08. The first kappa shape index (κ1) is 15.0. The van der Waals surface area contributed by atoms with Crippen LogP contribution in [0.4, 0.5) is 0 Å². The molecule has 0 spiro atoms. The van der Waals surface area contributed by atoms with Crippen LogP contribution in [-0.4, -0.2) is 21.7 Å². The molecule has 0 N–H and O–H groups in total. The number of hydrogen-bond acceptors (Lipinski definition) is 1.